The van der Waals surface area contributed by atoms with Crippen LogP contribution in [0.3, 0.4) is 0 Å². The predicted molar refractivity (Wildman–Crippen MR) is 112 cm³/mol. The zero-order valence-electron chi connectivity index (χ0n) is 15.0. The lowest BCUT2D eigenvalue weighted by Crippen LogP contribution is -2.52. The van der Waals surface area contributed by atoms with E-state index in [1.54, 1.807) is 6.26 Å². The van der Waals surface area contributed by atoms with E-state index in [4.69, 9.17) is 9.26 Å². The number of ether oxygens (including phenoxy) is 1. The van der Waals surface area contributed by atoms with Crippen molar-refractivity contribution in [3.63, 3.8) is 0 Å². The van der Waals surface area contributed by atoms with E-state index in [1.165, 1.54) is 0 Å². The highest BCUT2D eigenvalue weighted by Gasteiger charge is 2.19. The minimum atomic E-state index is 0. The maximum Gasteiger partial charge on any atom is 0.194 e. The number of guanidine groups is 1. The Hall–Kier alpha value is -1.81. The zero-order valence-corrected chi connectivity index (χ0v) is 17.3. The third kappa shape index (κ3) is 6.17. The molecule has 0 spiro atoms. The van der Waals surface area contributed by atoms with Gasteiger partial charge in [-0.2, -0.15) is 0 Å². The van der Waals surface area contributed by atoms with Crippen LogP contribution >= 0.6 is 24.0 Å². The van der Waals surface area contributed by atoms with E-state index in [-0.39, 0.29) is 24.0 Å². The molecule has 1 aromatic heterocycles. The average molecular weight is 471 g/mol. The molecule has 1 N–H and O–H groups in total. The van der Waals surface area contributed by atoms with E-state index in [9.17, 15) is 0 Å². The molecule has 0 bridgehead atoms. The first-order chi connectivity index (χ1) is 12.3. The Balaban J connectivity index is 0.00000243. The summed E-state index contributed by atoms with van der Waals surface area (Å²) >= 11 is 0. The molecule has 1 aromatic carbocycles. The van der Waals surface area contributed by atoms with E-state index >= 15 is 0 Å². The van der Waals surface area contributed by atoms with E-state index in [0.29, 0.717) is 13.2 Å². The topological polar surface area (TPSA) is 66.1 Å². The number of aliphatic imine (C=N–C) groups is 1. The molecule has 2 heterocycles. The van der Waals surface area contributed by atoms with Crippen molar-refractivity contribution in [2.75, 3.05) is 46.4 Å². The Morgan fingerprint density at radius 3 is 2.62 bits per heavy atom. The summed E-state index contributed by atoms with van der Waals surface area (Å²) in [4.78, 5) is 9.06. The normalized spacial score (nSPS) is 15.4. The van der Waals surface area contributed by atoms with Crippen molar-refractivity contribution in [1.82, 2.24) is 20.3 Å². The molecule has 0 amide bonds. The van der Waals surface area contributed by atoms with Gasteiger partial charge in [-0.25, -0.2) is 0 Å². The maximum absolute atomic E-state index is 5.78. The number of halogens is 1. The molecule has 1 aliphatic heterocycles. The van der Waals surface area contributed by atoms with Crippen molar-refractivity contribution in [2.24, 2.45) is 4.99 Å². The van der Waals surface area contributed by atoms with Crippen LogP contribution in [0.4, 0.5) is 0 Å². The number of para-hydroxylation sites is 1. The molecular weight excluding hydrogens is 445 g/mol. The van der Waals surface area contributed by atoms with Gasteiger partial charge in [-0.1, -0.05) is 23.4 Å². The maximum atomic E-state index is 5.78. The van der Waals surface area contributed by atoms with Crippen LogP contribution in [0.1, 0.15) is 5.69 Å². The quantitative estimate of drug-likeness (QED) is 0.396. The fourth-order valence-corrected chi connectivity index (χ4v) is 2.82. The highest BCUT2D eigenvalue weighted by molar-refractivity contribution is 14.0. The number of benzene rings is 1. The summed E-state index contributed by atoms with van der Waals surface area (Å²) in [5.41, 5.74) is 0.873. The van der Waals surface area contributed by atoms with Crippen LogP contribution in [-0.2, 0) is 6.54 Å². The molecule has 0 atom stereocenters. The molecule has 0 radical (unpaired) electrons. The minimum absolute atomic E-state index is 0. The molecule has 0 saturated carbocycles. The van der Waals surface area contributed by atoms with Crippen LogP contribution < -0.4 is 10.1 Å². The summed E-state index contributed by atoms with van der Waals surface area (Å²) in [7, 11) is 1.81. The lowest BCUT2D eigenvalue weighted by atomic mass is 10.3. The fourth-order valence-electron chi connectivity index (χ4n) is 2.82. The third-order valence-corrected chi connectivity index (χ3v) is 4.22. The predicted octanol–water partition coefficient (Wildman–Crippen LogP) is 2.06. The second-order valence-corrected chi connectivity index (χ2v) is 5.88. The number of piperazine rings is 1. The van der Waals surface area contributed by atoms with Crippen molar-refractivity contribution in [3.05, 3.63) is 48.4 Å². The number of rotatable bonds is 6. The first-order valence-corrected chi connectivity index (χ1v) is 8.60. The second kappa shape index (κ2) is 11.0. The highest BCUT2D eigenvalue weighted by Crippen LogP contribution is 2.09. The summed E-state index contributed by atoms with van der Waals surface area (Å²) in [5, 5.41) is 7.24. The second-order valence-electron chi connectivity index (χ2n) is 5.88. The smallest absolute Gasteiger partial charge is 0.194 e. The molecule has 1 aliphatic rings. The van der Waals surface area contributed by atoms with E-state index in [0.717, 1.165) is 50.1 Å². The van der Waals surface area contributed by atoms with Gasteiger partial charge in [0.05, 0.1) is 6.54 Å². The van der Waals surface area contributed by atoms with Crippen LogP contribution in [0, 0.1) is 0 Å². The highest BCUT2D eigenvalue weighted by atomic mass is 127. The first kappa shape index (κ1) is 20.5. The van der Waals surface area contributed by atoms with Crippen LogP contribution in [0.15, 0.2) is 52.2 Å². The molecule has 0 unspecified atom stereocenters. The number of hydrogen-bond acceptors (Lipinski definition) is 5. The number of aromatic nitrogens is 1. The number of nitrogens with one attached hydrogen (secondary N) is 1. The molecule has 26 heavy (non-hydrogen) atoms. The molecule has 1 saturated heterocycles. The molecule has 142 valence electrons. The van der Waals surface area contributed by atoms with Gasteiger partial charge in [-0.05, 0) is 12.1 Å². The number of nitrogens with zero attached hydrogens (tertiary/aromatic N) is 4. The molecular formula is C18H26IN5O2. The van der Waals surface area contributed by atoms with Gasteiger partial charge >= 0.3 is 0 Å². The molecule has 7 nitrogen and oxygen atoms in total. The van der Waals surface area contributed by atoms with E-state index in [1.807, 2.05) is 43.4 Å². The third-order valence-electron chi connectivity index (χ3n) is 4.22. The van der Waals surface area contributed by atoms with Gasteiger partial charge in [0.15, 0.2) is 5.96 Å². The zero-order chi connectivity index (χ0) is 17.3. The Morgan fingerprint density at radius 1 is 1.19 bits per heavy atom. The molecule has 1 fully saturated rings. The summed E-state index contributed by atoms with van der Waals surface area (Å²) in [6.07, 6.45) is 1.58. The van der Waals surface area contributed by atoms with Crippen molar-refractivity contribution in [3.8, 4) is 5.75 Å². The first-order valence-electron chi connectivity index (χ1n) is 8.60. The number of hydrogen-bond donors (Lipinski definition) is 1. The molecule has 8 heteroatoms. The van der Waals surface area contributed by atoms with Gasteiger partial charge in [0, 0.05) is 45.8 Å². The van der Waals surface area contributed by atoms with E-state index in [2.05, 4.69) is 25.3 Å². The molecule has 0 aliphatic carbocycles. The van der Waals surface area contributed by atoms with Gasteiger partial charge in [-0.15, -0.1) is 24.0 Å². The molecule has 2 aromatic rings. The van der Waals surface area contributed by atoms with Gasteiger partial charge in [0.2, 0.25) is 0 Å². The van der Waals surface area contributed by atoms with Crippen molar-refractivity contribution in [2.45, 2.75) is 6.54 Å². The monoisotopic (exact) mass is 471 g/mol. The van der Waals surface area contributed by atoms with Gasteiger partial charge in [0.25, 0.3) is 0 Å². The fraction of sp³-hybridized carbons (Fsp3) is 0.444. The van der Waals surface area contributed by atoms with Gasteiger partial charge in [-0.3, -0.25) is 9.89 Å². The minimum Gasteiger partial charge on any atom is -0.492 e. The summed E-state index contributed by atoms with van der Waals surface area (Å²) in [6, 6.07) is 11.8. The Morgan fingerprint density at radius 2 is 1.96 bits per heavy atom. The Labute approximate surface area is 171 Å². The SMILES string of the molecule is CN=C(NCc1ccon1)N1CCN(CCOc2ccccc2)CC1.I. The summed E-state index contributed by atoms with van der Waals surface area (Å²) < 4.78 is 10.6. The van der Waals surface area contributed by atoms with Gasteiger partial charge < -0.3 is 19.5 Å². The van der Waals surface area contributed by atoms with Crippen LogP contribution in [0.2, 0.25) is 0 Å². The lowest BCUT2D eigenvalue weighted by molar-refractivity contribution is 0.152. The van der Waals surface area contributed by atoms with Gasteiger partial charge in [0.1, 0.15) is 24.3 Å². The summed E-state index contributed by atoms with van der Waals surface area (Å²) in [5.74, 6) is 1.83. The van der Waals surface area contributed by atoms with Crippen LogP contribution in [0.5, 0.6) is 5.75 Å². The Bertz CT molecular complexity index is 643. The van der Waals surface area contributed by atoms with Crippen molar-refractivity contribution in [1.29, 1.82) is 0 Å². The Kier molecular flexibility index (Phi) is 8.69. The molecule has 3 rings (SSSR count). The van der Waals surface area contributed by atoms with E-state index < -0.39 is 0 Å². The van der Waals surface area contributed by atoms with Crippen LogP contribution in [-0.4, -0.2) is 67.3 Å². The standard InChI is InChI=1S/C18H25N5O2.HI/c1-19-18(20-15-16-7-13-25-21-16)23-10-8-22(9-11-23)12-14-24-17-5-3-2-4-6-17;/h2-7,13H,8-12,14-15H2,1H3,(H,19,20);1H. The summed E-state index contributed by atoms with van der Waals surface area (Å²) in [6.45, 7) is 6.17. The lowest BCUT2D eigenvalue weighted by Gasteiger charge is -2.36. The van der Waals surface area contributed by atoms with Crippen molar-refractivity contribution < 1.29 is 9.26 Å². The average Bonchev–Trinajstić information content (AvgIpc) is 3.18. The van der Waals surface area contributed by atoms with Crippen molar-refractivity contribution >= 4 is 29.9 Å². The largest absolute Gasteiger partial charge is 0.492 e. The van der Waals surface area contributed by atoms with Crippen LogP contribution in [0.25, 0.3) is 0 Å².